The molecule has 0 saturated heterocycles. The number of nitrogens with one attached hydrogen (secondary N) is 2. The molecule has 0 atom stereocenters. The fourth-order valence-electron chi connectivity index (χ4n) is 1.28. The van der Waals surface area contributed by atoms with Gasteiger partial charge in [0.15, 0.2) is 0 Å². The normalized spacial score (nSPS) is 9.58. The van der Waals surface area contributed by atoms with Crippen molar-refractivity contribution in [3.63, 3.8) is 0 Å². The molecule has 0 spiro atoms. The Morgan fingerprint density at radius 2 is 2.16 bits per heavy atom. The summed E-state index contributed by atoms with van der Waals surface area (Å²) in [5.41, 5.74) is 0.845. The van der Waals surface area contributed by atoms with Gasteiger partial charge in [0.1, 0.15) is 6.54 Å². The van der Waals surface area contributed by atoms with Crippen molar-refractivity contribution in [1.29, 1.82) is 0 Å². The number of rotatable bonds is 6. The molecule has 1 aromatic rings. The van der Waals surface area contributed by atoms with E-state index >= 15 is 0 Å². The predicted molar refractivity (Wildman–Crippen MR) is 67.7 cm³/mol. The summed E-state index contributed by atoms with van der Waals surface area (Å²) in [6, 6.07) is 3.03. The summed E-state index contributed by atoms with van der Waals surface area (Å²) >= 11 is 0. The molecule has 2 amide bonds. The number of hydrogen-bond donors (Lipinski definition) is 2. The molecule has 0 unspecified atom stereocenters. The van der Waals surface area contributed by atoms with E-state index in [4.69, 9.17) is 4.74 Å². The summed E-state index contributed by atoms with van der Waals surface area (Å²) in [4.78, 5) is 26.4. The first kappa shape index (κ1) is 14.7. The van der Waals surface area contributed by atoms with Crippen LogP contribution in [0.15, 0.2) is 18.3 Å². The van der Waals surface area contributed by atoms with Crippen molar-refractivity contribution in [3.8, 4) is 5.88 Å². The number of amides is 2. The van der Waals surface area contributed by atoms with Crippen LogP contribution in [0.2, 0.25) is 0 Å². The lowest BCUT2D eigenvalue weighted by atomic mass is 10.2. The van der Waals surface area contributed by atoms with Crippen LogP contribution in [0.3, 0.4) is 0 Å². The van der Waals surface area contributed by atoms with Gasteiger partial charge < -0.3 is 20.1 Å². The van der Waals surface area contributed by atoms with Crippen molar-refractivity contribution in [2.45, 2.75) is 13.5 Å². The summed E-state index contributed by atoms with van der Waals surface area (Å²) in [5.74, 6) is 0.00876. The molecule has 19 heavy (non-hydrogen) atoms. The maximum Gasteiger partial charge on any atom is 0.325 e. The third-order valence-corrected chi connectivity index (χ3v) is 2.16. The van der Waals surface area contributed by atoms with Crippen molar-refractivity contribution in [2.24, 2.45) is 0 Å². The molecule has 1 heterocycles. The Hall–Kier alpha value is -2.31. The standard InChI is InChI=1S/C12H17N3O4/c1-3-19-11(16)8-15-12(17)14-7-9-4-5-13-10(6-9)18-2/h4-6H,3,7-8H2,1-2H3,(H2,14,15,17). The van der Waals surface area contributed by atoms with Crippen molar-refractivity contribution in [1.82, 2.24) is 15.6 Å². The fraction of sp³-hybridized carbons (Fsp3) is 0.417. The Kier molecular flexibility index (Phi) is 6.14. The first-order chi connectivity index (χ1) is 9.15. The van der Waals surface area contributed by atoms with Gasteiger partial charge in [-0.2, -0.15) is 0 Å². The molecule has 0 aromatic carbocycles. The average molecular weight is 267 g/mol. The first-order valence-electron chi connectivity index (χ1n) is 5.82. The molecule has 0 bridgehead atoms. The van der Waals surface area contributed by atoms with Gasteiger partial charge in [-0.05, 0) is 18.6 Å². The number of hydrogen-bond acceptors (Lipinski definition) is 5. The number of ether oxygens (including phenoxy) is 2. The van der Waals surface area contributed by atoms with Gasteiger partial charge in [-0.1, -0.05) is 0 Å². The number of pyridine rings is 1. The highest BCUT2D eigenvalue weighted by molar-refractivity contribution is 5.80. The smallest absolute Gasteiger partial charge is 0.325 e. The van der Waals surface area contributed by atoms with Gasteiger partial charge in [0, 0.05) is 18.8 Å². The van der Waals surface area contributed by atoms with Crippen molar-refractivity contribution < 1.29 is 19.1 Å². The Morgan fingerprint density at radius 3 is 2.84 bits per heavy atom. The third-order valence-electron chi connectivity index (χ3n) is 2.16. The van der Waals surface area contributed by atoms with Crippen LogP contribution in [-0.2, 0) is 16.1 Å². The van der Waals surface area contributed by atoms with E-state index in [9.17, 15) is 9.59 Å². The monoisotopic (exact) mass is 267 g/mol. The Morgan fingerprint density at radius 1 is 1.37 bits per heavy atom. The third kappa shape index (κ3) is 5.71. The molecule has 0 aliphatic rings. The van der Waals surface area contributed by atoms with Gasteiger partial charge >= 0.3 is 12.0 Å². The zero-order chi connectivity index (χ0) is 14.1. The minimum atomic E-state index is -0.469. The second kappa shape index (κ2) is 7.91. The molecule has 104 valence electrons. The maximum absolute atomic E-state index is 11.4. The van der Waals surface area contributed by atoms with E-state index in [1.54, 1.807) is 25.3 Å². The molecule has 1 aromatic heterocycles. The zero-order valence-electron chi connectivity index (χ0n) is 10.9. The fourth-order valence-corrected chi connectivity index (χ4v) is 1.28. The molecule has 0 aliphatic carbocycles. The number of urea groups is 1. The van der Waals surface area contributed by atoms with Crippen LogP contribution in [0.4, 0.5) is 4.79 Å². The van der Waals surface area contributed by atoms with Crippen LogP contribution in [0.25, 0.3) is 0 Å². The summed E-state index contributed by atoms with van der Waals surface area (Å²) < 4.78 is 9.65. The van der Waals surface area contributed by atoms with E-state index in [1.165, 1.54) is 7.11 Å². The Labute approximate surface area is 111 Å². The van der Waals surface area contributed by atoms with Gasteiger partial charge in [0.25, 0.3) is 0 Å². The molecular formula is C12H17N3O4. The van der Waals surface area contributed by atoms with Crippen molar-refractivity contribution in [3.05, 3.63) is 23.9 Å². The molecule has 0 saturated carbocycles. The molecule has 0 radical (unpaired) electrons. The van der Waals surface area contributed by atoms with Gasteiger partial charge in [-0.3, -0.25) is 4.79 Å². The largest absolute Gasteiger partial charge is 0.481 e. The second-order valence-corrected chi connectivity index (χ2v) is 3.55. The average Bonchev–Trinajstić information content (AvgIpc) is 2.43. The molecule has 0 fully saturated rings. The summed E-state index contributed by atoms with van der Waals surface area (Å²) in [6.45, 7) is 2.15. The topological polar surface area (TPSA) is 89.5 Å². The Bertz CT molecular complexity index is 437. The number of carbonyl (C=O) groups excluding carboxylic acids is 2. The van der Waals surface area contributed by atoms with E-state index in [0.29, 0.717) is 19.0 Å². The second-order valence-electron chi connectivity index (χ2n) is 3.55. The van der Waals surface area contributed by atoms with Gasteiger partial charge in [0.05, 0.1) is 13.7 Å². The lowest BCUT2D eigenvalue weighted by Crippen LogP contribution is -2.38. The highest BCUT2D eigenvalue weighted by atomic mass is 16.5. The maximum atomic E-state index is 11.4. The van der Waals surface area contributed by atoms with Crippen LogP contribution < -0.4 is 15.4 Å². The van der Waals surface area contributed by atoms with Crippen LogP contribution >= 0.6 is 0 Å². The number of carbonyl (C=O) groups is 2. The molecule has 2 N–H and O–H groups in total. The highest BCUT2D eigenvalue weighted by Crippen LogP contribution is 2.07. The minimum absolute atomic E-state index is 0.153. The van der Waals surface area contributed by atoms with Gasteiger partial charge in [-0.25, -0.2) is 9.78 Å². The van der Waals surface area contributed by atoms with Crippen LogP contribution in [-0.4, -0.2) is 37.2 Å². The summed E-state index contributed by atoms with van der Waals surface area (Å²) in [5, 5.41) is 5.00. The van der Waals surface area contributed by atoms with E-state index in [0.717, 1.165) is 5.56 Å². The Balaban J connectivity index is 2.31. The molecule has 7 nitrogen and oxygen atoms in total. The zero-order valence-corrected chi connectivity index (χ0v) is 10.9. The number of aromatic nitrogens is 1. The van der Waals surface area contributed by atoms with E-state index in [2.05, 4.69) is 20.4 Å². The lowest BCUT2D eigenvalue weighted by molar-refractivity contribution is -0.141. The number of nitrogens with zero attached hydrogens (tertiary/aromatic N) is 1. The van der Waals surface area contributed by atoms with Crippen LogP contribution in [0, 0.1) is 0 Å². The van der Waals surface area contributed by atoms with Crippen molar-refractivity contribution >= 4 is 12.0 Å². The van der Waals surface area contributed by atoms with E-state index in [1.807, 2.05) is 0 Å². The molecule has 0 aliphatic heterocycles. The summed E-state index contributed by atoms with van der Waals surface area (Å²) in [7, 11) is 1.52. The SMILES string of the molecule is CCOC(=O)CNC(=O)NCc1ccnc(OC)c1. The lowest BCUT2D eigenvalue weighted by Gasteiger charge is -2.08. The summed E-state index contributed by atoms with van der Waals surface area (Å²) in [6.07, 6.45) is 1.59. The number of methoxy groups -OCH3 is 1. The highest BCUT2D eigenvalue weighted by Gasteiger charge is 2.05. The van der Waals surface area contributed by atoms with Gasteiger partial charge in [0.2, 0.25) is 5.88 Å². The quantitative estimate of drug-likeness (QED) is 0.730. The molecular weight excluding hydrogens is 250 g/mol. The predicted octanol–water partition coefficient (Wildman–Crippen LogP) is 0.452. The van der Waals surface area contributed by atoms with Crippen LogP contribution in [0.1, 0.15) is 12.5 Å². The molecule has 7 heteroatoms. The minimum Gasteiger partial charge on any atom is -0.481 e. The van der Waals surface area contributed by atoms with E-state index in [-0.39, 0.29) is 6.54 Å². The first-order valence-corrected chi connectivity index (χ1v) is 5.82. The van der Waals surface area contributed by atoms with E-state index < -0.39 is 12.0 Å². The molecule has 1 rings (SSSR count). The van der Waals surface area contributed by atoms with Crippen LogP contribution in [0.5, 0.6) is 5.88 Å². The van der Waals surface area contributed by atoms with Crippen molar-refractivity contribution in [2.75, 3.05) is 20.3 Å². The van der Waals surface area contributed by atoms with Gasteiger partial charge in [-0.15, -0.1) is 0 Å². The number of esters is 1.